The van der Waals surface area contributed by atoms with Gasteiger partial charge in [-0.1, -0.05) is 12.1 Å². The Hall–Kier alpha value is -3.02. The van der Waals surface area contributed by atoms with Crippen molar-refractivity contribution >= 4 is 6.16 Å². The quantitative estimate of drug-likeness (QED) is 0.248. The summed E-state index contributed by atoms with van der Waals surface area (Å²) in [5, 5.41) is 0. The second-order valence-corrected chi connectivity index (χ2v) is 6.07. The van der Waals surface area contributed by atoms with Crippen LogP contribution in [0.2, 0.25) is 0 Å². The van der Waals surface area contributed by atoms with Gasteiger partial charge in [0.1, 0.15) is 5.75 Å². The van der Waals surface area contributed by atoms with Gasteiger partial charge in [-0.05, 0) is 24.6 Å². The largest absolute Gasteiger partial charge is 0.514 e. The fraction of sp³-hybridized carbons (Fsp3) is 0.316. The van der Waals surface area contributed by atoms with Gasteiger partial charge in [-0.2, -0.15) is 22.0 Å². The number of rotatable bonds is 7. The van der Waals surface area contributed by atoms with Crippen molar-refractivity contribution in [1.82, 2.24) is 0 Å². The highest BCUT2D eigenvalue weighted by Crippen LogP contribution is 2.31. The summed E-state index contributed by atoms with van der Waals surface area (Å²) in [7, 11) is 1.42. The van der Waals surface area contributed by atoms with Gasteiger partial charge >= 0.3 is 12.3 Å². The summed E-state index contributed by atoms with van der Waals surface area (Å²) in [4.78, 5) is 11.6. The Morgan fingerprint density at radius 1 is 0.968 bits per heavy atom. The molecular weight excluding hydrogens is 441 g/mol. The van der Waals surface area contributed by atoms with Gasteiger partial charge in [0.2, 0.25) is 23.5 Å². The van der Waals surface area contributed by atoms with E-state index in [0.717, 1.165) is 0 Å². The lowest BCUT2D eigenvalue weighted by Crippen LogP contribution is -2.38. The minimum Gasteiger partial charge on any atom is -0.497 e. The van der Waals surface area contributed by atoms with E-state index in [9.17, 15) is 35.5 Å². The second kappa shape index (κ2) is 9.86. The van der Waals surface area contributed by atoms with Gasteiger partial charge in [0.05, 0.1) is 20.3 Å². The average Bonchev–Trinajstić information content (AvgIpc) is 2.73. The molecule has 12 heteroatoms. The molecule has 1 atom stereocenters. The molecule has 170 valence electrons. The first-order valence-corrected chi connectivity index (χ1v) is 8.44. The number of benzene rings is 2. The molecular formula is C19H15F7O5. The summed E-state index contributed by atoms with van der Waals surface area (Å²) in [5.74, 6) is -9.33. The maximum atomic E-state index is 13.7. The molecule has 0 fully saturated rings. The summed E-state index contributed by atoms with van der Waals surface area (Å²) >= 11 is 0. The topological polar surface area (TPSA) is 54.0 Å². The summed E-state index contributed by atoms with van der Waals surface area (Å²) in [6.45, 7) is -0.780. The standard InChI is InChI=1S/C19H15F7O5/c1-9-13(20)15(22)17(16(23)14(9)21)31-18(27)30-12(19(24,25)26)8-29-7-10-3-5-11(28-2)6-4-10/h3-6,12H,7-8H2,1-2H3/t12-/m1/s1. The van der Waals surface area contributed by atoms with Crippen LogP contribution < -0.4 is 9.47 Å². The van der Waals surface area contributed by atoms with E-state index in [-0.39, 0.29) is 6.61 Å². The lowest BCUT2D eigenvalue weighted by atomic mass is 10.2. The van der Waals surface area contributed by atoms with Crippen LogP contribution in [0.5, 0.6) is 11.5 Å². The second-order valence-electron chi connectivity index (χ2n) is 6.07. The van der Waals surface area contributed by atoms with Crippen molar-refractivity contribution in [1.29, 1.82) is 0 Å². The van der Waals surface area contributed by atoms with Crippen LogP contribution in [0, 0.1) is 30.2 Å². The molecule has 2 aromatic carbocycles. The van der Waals surface area contributed by atoms with E-state index in [4.69, 9.17) is 9.47 Å². The molecule has 0 aliphatic carbocycles. The Morgan fingerprint density at radius 3 is 2.00 bits per heavy atom. The number of halogens is 7. The highest BCUT2D eigenvalue weighted by molar-refractivity contribution is 5.64. The highest BCUT2D eigenvalue weighted by atomic mass is 19.4. The molecule has 0 aliphatic heterocycles. The van der Waals surface area contributed by atoms with E-state index in [2.05, 4.69) is 9.47 Å². The molecule has 0 aromatic heterocycles. The van der Waals surface area contributed by atoms with Gasteiger partial charge in [0.25, 0.3) is 0 Å². The number of hydrogen-bond acceptors (Lipinski definition) is 5. The maximum absolute atomic E-state index is 13.7. The third kappa shape index (κ3) is 6.00. The molecule has 0 amide bonds. The first-order valence-electron chi connectivity index (χ1n) is 8.44. The zero-order valence-corrected chi connectivity index (χ0v) is 16.0. The van der Waals surface area contributed by atoms with Crippen molar-refractivity contribution in [2.24, 2.45) is 0 Å². The van der Waals surface area contributed by atoms with Gasteiger partial charge in [-0.15, -0.1) is 0 Å². The lowest BCUT2D eigenvalue weighted by Gasteiger charge is -2.20. The molecule has 0 spiro atoms. The van der Waals surface area contributed by atoms with Crippen molar-refractivity contribution in [3.63, 3.8) is 0 Å². The zero-order valence-electron chi connectivity index (χ0n) is 16.0. The Labute approximate surface area is 171 Å². The molecule has 0 saturated heterocycles. The predicted molar refractivity (Wildman–Crippen MR) is 90.6 cm³/mol. The van der Waals surface area contributed by atoms with E-state index < -0.39 is 59.6 Å². The molecule has 0 saturated carbocycles. The summed E-state index contributed by atoms with van der Waals surface area (Å²) < 4.78 is 111. The molecule has 2 rings (SSSR count). The van der Waals surface area contributed by atoms with Crippen LogP contribution in [-0.4, -0.2) is 32.2 Å². The fourth-order valence-electron chi connectivity index (χ4n) is 2.24. The SMILES string of the molecule is COc1ccc(COC[C@@H](OC(=O)Oc2c(F)c(F)c(C)c(F)c2F)C(F)(F)F)cc1. The average molecular weight is 456 g/mol. The van der Waals surface area contributed by atoms with E-state index in [0.29, 0.717) is 18.2 Å². The molecule has 0 aliphatic rings. The van der Waals surface area contributed by atoms with Gasteiger partial charge in [0, 0.05) is 5.56 Å². The molecule has 0 bridgehead atoms. The number of carbonyl (C=O) groups is 1. The monoisotopic (exact) mass is 456 g/mol. The van der Waals surface area contributed by atoms with E-state index >= 15 is 0 Å². The van der Waals surface area contributed by atoms with Gasteiger partial charge < -0.3 is 18.9 Å². The predicted octanol–water partition coefficient (Wildman–Crippen LogP) is 5.22. The number of alkyl halides is 3. The van der Waals surface area contributed by atoms with Crippen molar-refractivity contribution in [2.75, 3.05) is 13.7 Å². The molecule has 5 nitrogen and oxygen atoms in total. The summed E-state index contributed by atoms with van der Waals surface area (Å²) in [5.41, 5.74) is -0.574. The van der Waals surface area contributed by atoms with Crippen LogP contribution in [0.1, 0.15) is 11.1 Å². The third-order valence-electron chi connectivity index (χ3n) is 3.93. The van der Waals surface area contributed by atoms with E-state index in [1.165, 1.54) is 31.4 Å². The lowest BCUT2D eigenvalue weighted by molar-refractivity contribution is -0.221. The number of methoxy groups -OCH3 is 1. The summed E-state index contributed by atoms with van der Waals surface area (Å²) in [6.07, 6.45) is -10.3. The Balaban J connectivity index is 2.05. The van der Waals surface area contributed by atoms with Crippen LogP contribution >= 0.6 is 0 Å². The minimum atomic E-state index is -5.14. The molecule has 2 aromatic rings. The van der Waals surface area contributed by atoms with Gasteiger partial charge in [0.15, 0.2) is 11.6 Å². The molecule has 0 heterocycles. The molecule has 0 radical (unpaired) electrons. The zero-order chi connectivity index (χ0) is 23.3. The Morgan fingerprint density at radius 2 is 1.52 bits per heavy atom. The Bertz CT molecular complexity index is 900. The number of hydrogen-bond donors (Lipinski definition) is 0. The Kier molecular flexibility index (Phi) is 7.71. The van der Waals surface area contributed by atoms with Crippen molar-refractivity contribution in [3.8, 4) is 11.5 Å². The normalized spacial score (nSPS) is 12.4. The van der Waals surface area contributed by atoms with E-state index in [1.807, 2.05) is 0 Å². The van der Waals surface area contributed by atoms with Crippen molar-refractivity contribution in [2.45, 2.75) is 25.8 Å². The van der Waals surface area contributed by atoms with Crippen LogP contribution in [0.25, 0.3) is 0 Å². The fourth-order valence-corrected chi connectivity index (χ4v) is 2.24. The molecule has 31 heavy (non-hydrogen) atoms. The maximum Gasteiger partial charge on any atom is 0.514 e. The van der Waals surface area contributed by atoms with Crippen molar-refractivity contribution < 1.29 is 54.5 Å². The summed E-state index contributed by atoms with van der Waals surface area (Å²) in [6, 6.07) is 6.11. The van der Waals surface area contributed by atoms with Gasteiger partial charge in [-0.3, -0.25) is 0 Å². The molecule has 0 N–H and O–H groups in total. The van der Waals surface area contributed by atoms with Crippen LogP contribution in [0.4, 0.5) is 35.5 Å². The first kappa shape index (κ1) is 24.3. The number of carbonyl (C=O) groups excluding carboxylic acids is 1. The first-order chi connectivity index (χ1) is 14.5. The minimum absolute atomic E-state index is 0.299. The third-order valence-corrected chi connectivity index (χ3v) is 3.93. The smallest absolute Gasteiger partial charge is 0.497 e. The number of ether oxygens (including phenoxy) is 4. The van der Waals surface area contributed by atoms with Crippen molar-refractivity contribution in [3.05, 3.63) is 58.7 Å². The van der Waals surface area contributed by atoms with Crippen LogP contribution in [0.3, 0.4) is 0 Å². The highest BCUT2D eigenvalue weighted by Gasteiger charge is 2.44. The van der Waals surface area contributed by atoms with Gasteiger partial charge in [-0.25, -0.2) is 13.6 Å². The van der Waals surface area contributed by atoms with Crippen LogP contribution in [0.15, 0.2) is 24.3 Å². The van der Waals surface area contributed by atoms with E-state index in [1.54, 1.807) is 0 Å². The molecule has 0 unspecified atom stereocenters. The van der Waals surface area contributed by atoms with Crippen LogP contribution in [-0.2, 0) is 16.1 Å².